The van der Waals surface area contributed by atoms with Gasteiger partial charge in [0, 0.05) is 0 Å². The summed E-state index contributed by atoms with van der Waals surface area (Å²) in [7, 11) is 0. The highest BCUT2D eigenvalue weighted by Gasteiger charge is 2.41. The van der Waals surface area contributed by atoms with Gasteiger partial charge in [0.2, 0.25) is 0 Å². The van der Waals surface area contributed by atoms with Crippen LogP contribution in [0.2, 0.25) is 0 Å². The van der Waals surface area contributed by atoms with Crippen LogP contribution in [0.4, 0.5) is 0 Å². The van der Waals surface area contributed by atoms with Crippen LogP contribution in [0.25, 0.3) is 0 Å². The van der Waals surface area contributed by atoms with Crippen LogP contribution in [-0.4, -0.2) is 17.0 Å². The monoisotopic (exact) mass is 250 g/mol. The van der Waals surface area contributed by atoms with Crippen molar-refractivity contribution in [3.63, 3.8) is 0 Å². The first-order chi connectivity index (χ1) is 8.18. The highest BCUT2D eigenvalue weighted by atomic mass is 16.6. The molecule has 0 aliphatic rings. The molecular formula is C14H18O4. The number of carbonyl (C=O) groups excluding carboxylic acids is 1. The van der Waals surface area contributed by atoms with Gasteiger partial charge >= 0.3 is 11.9 Å². The lowest BCUT2D eigenvalue weighted by molar-refractivity contribution is -0.176. The molecule has 0 fully saturated rings. The molecule has 0 unspecified atom stereocenters. The molecule has 0 bridgehead atoms. The Hall–Kier alpha value is -1.84. The molecule has 4 heteroatoms. The molecule has 1 rings (SSSR count). The van der Waals surface area contributed by atoms with E-state index in [2.05, 4.69) is 0 Å². The van der Waals surface area contributed by atoms with Crippen molar-refractivity contribution in [1.82, 2.24) is 0 Å². The third-order valence-electron chi connectivity index (χ3n) is 2.86. The Labute approximate surface area is 107 Å². The van der Waals surface area contributed by atoms with Crippen LogP contribution in [0.1, 0.15) is 33.3 Å². The van der Waals surface area contributed by atoms with Crippen molar-refractivity contribution in [2.24, 2.45) is 5.41 Å². The van der Waals surface area contributed by atoms with E-state index in [-0.39, 0.29) is 0 Å². The molecule has 0 radical (unpaired) electrons. The Morgan fingerprint density at radius 1 is 1.06 bits per heavy atom. The highest BCUT2D eigenvalue weighted by Crippen LogP contribution is 2.28. The average molecular weight is 250 g/mol. The van der Waals surface area contributed by atoms with Crippen LogP contribution in [0.15, 0.2) is 30.3 Å². The zero-order valence-electron chi connectivity index (χ0n) is 11.1. The second kappa shape index (κ2) is 4.80. The molecular weight excluding hydrogens is 232 g/mol. The van der Waals surface area contributed by atoms with Crippen molar-refractivity contribution >= 4 is 11.9 Å². The van der Waals surface area contributed by atoms with Crippen LogP contribution >= 0.6 is 0 Å². The third kappa shape index (κ3) is 2.88. The minimum atomic E-state index is -1.55. The van der Waals surface area contributed by atoms with Gasteiger partial charge in [-0.2, -0.15) is 0 Å². The van der Waals surface area contributed by atoms with E-state index in [0.29, 0.717) is 0 Å². The van der Waals surface area contributed by atoms with Crippen molar-refractivity contribution in [3.05, 3.63) is 35.9 Å². The van der Waals surface area contributed by atoms with Gasteiger partial charge in [-0.05, 0) is 33.3 Å². The van der Waals surface area contributed by atoms with E-state index in [0.717, 1.165) is 5.56 Å². The Balaban J connectivity index is 2.91. The number of benzene rings is 1. The zero-order chi connectivity index (χ0) is 14.0. The number of carboxylic acids is 1. The Morgan fingerprint density at radius 3 is 2.00 bits per heavy atom. The molecule has 0 heterocycles. The van der Waals surface area contributed by atoms with E-state index in [1.807, 2.05) is 30.3 Å². The SMILES string of the molecule is CC(C)(C(=O)O)C(=O)OC(C)(C)c1ccccc1. The van der Waals surface area contributed by atoms with Gasteiger partial charge in [0.15, 0.2) is 5.41 Å². The molecule has 1 aromatic carbocycles. The van der Waals surface area contributed by atoms with Crippen LogP contribution in [0.3, 0.4) is 0 Å². The lowest BCUT2D eigenvalue weighted by Gasteiger charge is -2.29. The molecule has 0 spiro atoms. The predicted octanol–water partition coefficient (Wildman–Crippen LogP) is 2.58. The summed E-state index contributed by atoms with van der Waals surface area (Å²) in [5, 5.41) is 8.98. The molecule has 4 nitrogen and oxygen atoms in total. The summed E-state index contributed by atoms with van der Waals surface area (Å²) in [4.78, 5) is 22.9. The minimum Gasteiger partial charge on any atom is -0.480 e. The van der Waals surface area contributed by atoms with E-state index in [4.69, 9.17) is 9.84 Å². The average Bonchev–Trinajstić information content (AvgIpc) is 2.29. The first kappa shape index (κ1) is 14.2. The van der Waals surface area contributed by atoms with Crippen LogP contribution in [0.5, 0.6) is 0 Å². The summed E-state index contributed by atoms with van der Waals surface area (Å²) in [5.41, 5.74) is -1.59. The summed E-state index contributed by atoms with van der Waals surface area (Å²) in [5.74, 6) is -1.94. The van der Waals surface area contributed by atoms with Gasteiger partial charge in [-0.25, -0.2) is 0 Å². The number of esters is 1. The summed E-state index contributed by atoms with van der Waals surface area (Å²) in [6, 6.07) is 9.21. The van der Waals surface area contributed by atoms with Crippen LogP contribution < -0.4 is 0 Å². The zero-order valence-corrected chi connectivity index (χ0v) is 11.1. The van der Waals surface area contributed by atoms with Crippen LogP contribution in [0, 0.1) is 5.41 Å². The van der Waals surface area contributed by atoms with E-state index >= 15 is 0 Å². The minimum absolute atomic E-state index is 0.746. The first-order valence-corrected chi connectivity index (χ1v) is 5.70. The largest absolute Gasteiger partial charge is 0.480 e. The summed E-state index contributed by atoms with van der Waals surface area (Å²) >= 11 is 0. The first-order valence-electron chi connectivity index (χ1n) is 5.70. The van der Waals surface area contributed by atoms with E-state index < -0.39 is 23.0 Å². The Kier molecular flexibility index (Phi) is 3.79. The molecule has 0 aromatic heterocycles. The second-order valence-corrected chi connectivity index (χ2v) is 5.20. The number of aliphatic carboxylic acids is 1. The molecule has 0 saturated carbocycles. The number of hydrogen-bond donors (Lipinski definition) is 1. The maximum absolute atomic E-state index is 11.9. The molecule has 0 aliphatic carbocycles. The normalized spacial score (nSPS) is 12.0. The maximum Gasteiger partial charge on any atom is 0.323 e. The van der Waals surface area contributed by atoms with Gasteiger partial charge in [-0.15, -0.1) is 0 Å². The molecule has 0 amide bonds. The van der Waals surface area contributed by atoms with Gasteiger partial charge < -0.3 is 9.84 Å². The lowest BCUT2D eigenvalue weighted by Crippen LogP contribution is -2.39. The summed E-state index contributed by atoms with van der Waals surface area (Å²) < 4.78 is 5.33. The standard InChI is InChI=1S/C14H18O4/c1-13(2,11(15)16)12(17)18-14(3,4)10-8-6-5-7-9-10/h5-9H,1-4H3,(H,15,16). The molecule has 0 aliphatic heterocycles. The fourth-order valence-corrected chi connectivity index (χ4v) is 1.35. The van der Waals surface area contributed by atoms with Gasteiger partial charge in [-0.3, -0.25) is 9.59 Å². The lowest BCUT2D eigenvalue weighted by atomic mass is 9.92. The molecule has 98 valence electrons. The number of carboxylic acid groups (broad SMARTS) is 1. The highest BCUT2D eigenvalue weighted by molar-refractivity contribution is 5.98. The van der Waals surface area contributed by atoms with Crippen molar-refractivity contribution in [2.75, 3.05) is 0 Å². The van der Waals surface area contributed by atoms with Crippen molar-refractivity contribution in [2.45, 2.75) is 33.3 Å². The van der Waals surface area contributed by atoms with Crippen molar-refractivity contribution < 1.29 is 19.4 Å². The molecule has 18 heavy (non-hydrogen) atoms. The van der Waals surface area contributed by atoms with Crippen LogP contribution in [-0.2, 0) is 19.9 Å². The molecule has 1 aromatic rings. The van der Waals surface area contributed by atoms with Gasteiger partial charge in [-0.1, -0.05) is 30.3 Å². The fourth-order valence-electron chi connectivity index (χ4n) is 1.35. The topological polar surface area (TPSA) is 63.6 Å². The number of hydrogen-bond acceptors (Lipinski definition) is 3. The number of rotatable bonds is 4. The predicted molar refractivity (Wildman–Crippen MR) is 67.0 cm³/mol. The van der Waals surface area contributed by atoms with Gasteiger partial charge in [0.05, 0.1) is 0 Å². The number of ether oxygens (including phenoxy) is 1. The van der Waals surface area contributed by atoms with E-state index in [1.54, 1.807) is 13.8 Å². The Morgan fingerprint density at radius 2 is 1.56 bits per heavy atom. The van der Waals surface area contributed by atoms with Gasteiger partial charge in [0.1, 0.15) is 5.60 Å². The maximum atomic E-state index is 11.9. The molecule has 0 atom stereocenters. The quantitative estimate of drug-likeness (QED) is 0.659. The molecule has 1 N–H and O–H groups in total. The van der Waals surface area contributed by atoms with Crippen molar-refractivity contribution in [3.8, 4) is 0 Å². The molecule has 0 saturated heterocycles. The van der Waals surface area contributed by atoms with E-state index in [9.17, 15) is 9.59 Å². The van der Waals surface area contributed by atoms with Crippen molar-refractivity contribution in [1.29, 1.82) is 0 Å². The second-order valence-electron chi connectivity index (χ2n) is 5.20. The third-order valence-corrected chi connectivity index (χ3v) is 2.86. The Bertz CT molecular complexity index is 446. The fraction of sp³-hybridized carbons (Fsp3) is 0.429. The summed E-state index contributed by atoms with van der Waals surface area (Å²) in [6.07, 6.45) is 0. The summed E-state index contributed by atoms with van der Waals surface area (Å²) in [6.45, 7) is 6.13. The van der Waals surface area contributed by atoms with E-state index in [1.165, 1.54) is 13.8 Å². The smallest absolute Gasteiger partial charge is 0.323 e. The van der Waals surface area contributed by atoms with Gasteiger partial charge in [0.25, 0.3) is 0 Å². The number of carbonyl (C=O) groups is 2.